The van der Waals surface area contributed by atoms with Gasteiger partial charge < -0.3 is 0 Å². The third kappa shape index (κ3) is 7.62. The number of nitrogens with zero attached hydrogens (tertiary/aromatic N) is 2. The Morgan fingerprint density at radius 3 is 1.39 bits per heavy atom. The van der Waals surface area contributed by atoms with Crippen molar-refractivity contribution < 1.29 is 0 Å². The molecule has 1 atom stereocenters. The van der Waals surface area contributed by atoms with Gasteiger partial charge in [-0.15, -0.1) is 0 Å². The fourth-order valence-corrected chi connectivity index (χ4v) is 11.1. The molecule has 1 heterocycles. The Hall–Kier alpha value is -9.24. The maximum absolute atomic E-state index is 5.30. The summed E-state index contributed by atoms with van der Waals surface area (Å²) < 4.78 is 0. The van der Waals surface area contributed by atoms with E-state index in [1.165, 1.54) is 66.8 Å². The topological polar surface area (TPSA) is 25.8 Å². The van der Waals surface area contributed by atoms with Gasteiger partial charge in [0.15, 0.2) is 5.82 Å². The predicted octanol–water partition coefficient (Wildman–Crippen LogP) is 18.3. The molecule has 0 bridgehead atoms. The molecule has 13 rings (SSSR count). The average Bonchev–Trinajstić information content (AvgIpc) is 3.73. The Morgan fingerprint density at radius 2 is 0.681 bits per heavy atom. The quantitative estimate of drug-likeness (QED) is 0.144. The molecule has 12 aromatic rings. The summed E-state index contributed by atoms with van der Waals surface area (Å²) in [6.07, 6.45) is 0. The van der Waals surface area contributed by atoms with Gasteiger partial charge in [0.2, 0.25) is 0 Å². The highest BCUT2D eigenvalue weighted by molar-refractivity contribution is 6.05. The van der Waals surface area contributed by atoms with Crippen LogP contribution in [-0.4, -0.2) is 9.97 Å². The highest BCUT2D eigenvalue weighted by Gasteiger charge is 2.40. The van der Waals surface area contributed by atoms with Crippen molar-refractivity contribution in [3.63, 3.8) is 0 Å². The van der Waals surface area contributed by atoms with E-state index in [1.54, 1.807) is 0 Å². The fraction of sp³-hybridized carbons (Fsp3) is 0.0286. The molecular weight excluding hydrogens is 869 g/mol. The predicted molar refractivity (Wildman–Crippen MR) is 300 cm³/mol. The summed E-state index contributed by atoms with van der Waals surface area (Å²) in [6, 6.07) is 98.8. The van der Waals surface area contributed by atoms with Crippen molar-refractivity contribution in [2.75, 3.05) is 0 Å². The minimum Gasteiger partial charge on any atom is -0.228 e. The molecule has 0 spiro atoms. The van der Waals surface area contributed by atoms with E-state index >= 15 is 0 Å². The average molecular weight is 917 g/mol. The summed E-state index contributed by atoms with van der Waals surface area (Å²) >= 11 is 0. The third-order valence-corrected chi connectivity index (χ3v) is 14.8. The number of aromatic nitrogens is 2. The minimum absolute atomic E-state index is 0.271. The van der Waals surface area contributed by atoms with Gasteiger partial charge in [0, 0.05) is 22.1 Å². The van der Waals surface area contributed by atoms with Gasteiger partial charge in [-0.25, -0.2) is 9.97 Å². The largest absolute Gasteiger partial charge is 0.228 e. The van der Waals surface area contributed by atoms with Crippen molar-refractivity contribution in [3.8, 4) is 101 Å². The van der Waals surface area contributed by atoms with Crippen molar-refractivity contribution in [1.29, 1.82) is 0 Å². The summed E-state index contributed by atoms with van der Waals surface area (Å²) in [4.78, 5) is 10.5. The fourth-order valence-electron chi connectivity index (χ4n) is 11.1. The van der Waals surface area contributed by atoms with Crippen LogP contribution in [0.15, 0.2) is 273 Å². The molecular formula is C70H48N2. The molecule has 1 aliphatic carbocycles. The molecule has 0 saturated heterocycles. The Morgan fingerprint density at radius 1 is 0.250 bits per heavy atom. The molecule has 1 unspecified atom stereocenters. The second-order valence-electron chi connectivity index (χ2n) is 19.0. The van der Waals surface area contributed by atoms with E-state index < -0.39 is 0 Å². The zero-order chi connectivity index (χ0) is 48.0. The summed E-state index contributed by atoms with van der Waals surface area (Å²) in [5.74, 6) is 0.695. The molecule has 2 nitrogen and oxygen atoms in total. The van der Waals surface area contributed by atoms with Crippen LogP contribution in [0.5, 0.6) is 0 Å². The molecule has 11 aromatic carbocycles. The van der Waals surface area contributed by atoms with Crippen LogP contribution in [0.1, 0.15) is 23.6 Å². The molecule has 0 aliphatic heterocycles. The molecule has 0 radical (unpaired) electrons. The van der Waals surface area contributed by atoms with Crippen LogP contribution in [0, 0.1) is 0 Å². The first-order valence-electron chi connectivity index (χ1n) is 24.8. The van der Waals surface area contributed by atoms with Crippen LogP contribution in [0.2, 0.25) is 0 Å². The second-order valence-corrected chi connectivity index (χ2v) is 19.0. The van der Waals surface area contributed by atoms with E-state index in [4.69, 9.17) is 9.97 Å². The van der Waals surface area contributed by atoms with Crippen molar-refractivity contribution in [2.45, 2.75) is 12.3 Å². The second kappa shape index (κ2) is 17.9. The van der Waals surface area contributed by atoms with Crippen molar-refractivity contribution in [3.05, 3.63) is 290 Å². The van der Waals surface area contributed by atoms with Gasteiger partial charge in [0.1, 0.15) is 0 Å². The first-order valence-corrected chi connectivity index (χ1v) is 24.8. The lowest BCUT2D eigenvalue weighted by atomic mass is 9.74. The molecule has 0 fully saturated rings. The number of fused-ring (bicyclic) bond motifs is 4. The Bertz CT molecular complexity index is 3960. The molecule has 2 heteroatoms. The van der Waals surface area contributed by atoms with Gasteiger partial charge >= 0.3 is 0 Å². The Kier molecular flexibility index (Phi) is 10.7. The maximum atomic E-state index is 5.30. The lowest BCUT2D eigenvalue weighted by Crippen LogP contribution is -2.22. The van der Waals surface area contributed by atoms with Gasteiger partial charge in [-0.3, -0.25) is 0 Å². The van der Waals surface area contributed by atoms with E-state index in [9.17, 15) is 0 Å². The van der Waals surface area contributed by atoms with Gasteiger partial charge in [0.05, 0.1) is 11.4 Å². The molecule has 1 aromatic heterocycles. The van der Waals surface area contributed by atoms with E-state index in [1.807, 2.05) is 18.2 Å². The maximum Gasteiger partial charge on any atom is 0.160 e. The molecule has 0 amide bonds. The highest BCUT2D eigenvalue weighted by atomic mass is 14.9. The van der Waals surface area contributed by atoms with Crippen molar-refractivity contribution in [1.82, 2.24) is 9.97 Å². The summed E-state index contributed by atoms with van der Waals surface area (Å²) in [5.41, 5.74) is 22.9. The van der Waals surface area contributed by atoms with Gasteiger partial charge in [-0.1, -0.05) is 237 Å². The first kappa shape index (κ1) is 42.8. The lowest BCUT2D eigenvalue weighted by Gasteiger charge is -2.28. The lowest BCUT2D eigenvalue weighted by molar-refractivity contribution is 0.714. The van der Waals surface area contributed by atoms with E-state index in [-0.39, 0.29) is 5.41 Å². The zero-order valence-corrected chi connectivity index (χ0v) is 39.9. The SMILES string of the molecule is CC1(c2ccccc2)c2ccccc2-c2ccc(-c3cccc(-c4cc(-c5ccccc5)cc(-c5ccc(-c6cc(-c7ccc(-c8ccccc8)cc7)nc(-c7ccccc7)n6)c6ccccc56)c4)c3)cc21. The van der Waals surface area contributed by atoms with E-state index in [0.29, 0.717) is 5.82 Å². The van der Waals surface area contributed by atoms with Crippen molar-refractivity contribution >= 4 is 10.8 Å². The van der Waals surface area contributed by atoms with Gasteiger partial charge in [-0.05, 0) is 138 Å². The standard InChI is InChI=1S/C70H48N2/c1-70(58-27-12-5-13-28-58)65-32-17-16-31-62(65)63-38-37-54(45-66(63)70)52-25-18-26-53(41-52)56-42-55(48-21-8-3-9-22-48)43-57(44-56)59-39-40-64(61-30-15-14-29-60(59)61)68-46-67(71-69(72-68)51-23-10-4-11-24-51)50-35-33-49(34-36-50)47-19-6-2-7-20-47/h2-46H,1H3. The number of hydrogen-bond acceptors (Lipinski definition) is 2. The molecule has 338 valence electrons. The molecule has 0 saturated carbocycles. The highest BCUT2D eigenvalue weighted by Crippen LogP contribution is 2.53. The van der Waals surface area contributed by atoms with Crippen LogP contribution >= 0.6 is 0 Å². The number of benzene rings is 11. The summed E-state index contributed by atoms with van der Waals surface area (Å²) in [6.45, 7) is 2.39. The molecule has 72 heavy (non-hydrogen) atoms. The van der Waals surface area contributed by atoms with E-state index in [2.05, 4.69) is 262 Å². The van der Waals surface area contributed by atoms with E-state index in [0.717, 1.165) is 55.5 Å². The summed E-state index contributed by atoms with van der Waals surface area (Å²) in [7, 11) is 0. The zero-order valence-electron chi connectivity index (χ0n) is 39.9. The minimum atomic E-state index is -0.271. The normalized spacial score (nSPS) is 13.7. The van der Waals surface area contributed by atoms with Crippen LogP contribution in [-0.2, 0) is 5.41 Å². The van der Waals surface area contributed by atoms with Crippen molar-refractivity contribution in [2.24, 2.45) is 0 Å². The van der Waals surface area contributed by atoms with Gasteiger partial charge in [0.25, 0.3) is 0 Å². The molecule has 0 N–H and O–H groups in total. The smallest absolute Gasteiger partial charge is 0.160 e. The Balaban J connectivity index is 0.922. The van der Waals surface area contributed by atoms with Gasteiger partial charge in [-0.2, -0.15) is 0 Å². The first-order chi connectivity index (χ1) is 35.5. The number of rotatable bonds is 9. The molecule has 1 aliphatic rings. The van der Waals surface area contributed by atoms with Crippen LogP contribution < -0.4 is 0 Å². The number of hydrogen-bond donors (Lipinski definition) is 0. The van der Waals surface area contributed by atoms with Crippen LogP contribution in [0.4, 0.5) is 0 Å². The monoisotopic (exact) mass is 916 g/mol. The Labute approximate surface area is 421 Å². The van der Waals surface area contributed by atoms with Crippen LogP contribution in [0.3, 0.4) is 0 Å². The summed E-state index contributed by atoms with van der Waals surface area (Å²) in [5, 5.41) is 2.29. The van der Waals surface area contributed by atoms with Crippen LogP contribution in [0.25, 0.3) is 111 Å². The third-order valence-electron chi connectivity index (χ3n) is 14.8.